The van der Waals surface area contributed by atoms with Crippen LogP contribution in [0.25, 0.3) is 10.8 Å². The SMILES string of the molecule is Cc1ccc(S(=O)(=O)c2nc(-c3cccs3)oc2N2CCN(C(=O)COc3ccccc3)CC2)cc1. The van der Waals surface area contributed by atoms with Gasteiger partial charge in [-0.05, 0) is 42.6 Å². The lowest BCUT2D eigenvalue weighted by Gasteiger charge is -2.34. The van der Waals surface area contributed by atoms with E-state index in [2.05, 4.69) is 4.98 Å². The summed E-state index contributed by atoms with van der Waals surface area (Å²) in [6.07, 6.45) is 0. The molecule has 0 radical (unpaired) electrons. The number of amides is 1. The fourth-order valence-electron chi connectivity index (χ4n) is 3.92. The van der Waals surface area contributed by atoms with Gasteiger partial charge in [0, 0.05) is 26.2 Å². The van der Waals surface area contributed by atoms with Gasteiger partial charge in [-0.3, -0.25) is 4.79 Å². The summed E-state index contributed by atoms with van der Waals surface area (Å²) in [5.41, 5.74) is 0.964. The van der Waals surface area contributed by atoms with Gasteiger partial charge in [0.2, 0.25) is 26.6 Å². The Hall–Kier alpha value is -3.63. The van der Waals surface area contributed by atoms with Crippen molar-refractivity contribution in [2.24, 2.45) is 0 Å². The maximum atomic E-state index is 13.6. The van der Waals surface area contributed by atoms with E-state index in [1.165, 1.54) is 11.3 Å². The lowest BCUT2D eigenvalue weighted by atomic mass is 10.2. The highest BCUT2D eigenvalue weighted by Crippen LogP contribution is 2.36. The maximum absolute atomic E-state index is 13.6. The van der Waals surface area contributed by atoms with Crippen LogP contribution in [0.3, 0.4) is 0 Å². The number of aromatic nitrogens is 1. The van der Waals surface area contributed by atoms with Crippen LogP contribution in [0.5, 0.6) is 5.75 Å². The lowest BCUT2D eigenvalue weighted by molar-refractivity contribution is -0.133. The number of thiophene rings is 1. The van der Waals surface area contributed by atoms with E-state index in [1.54, 1.807) is 41.3 Å². The predicted octanol–water partition coefficient (Wildman–Crippen LogP) is 4.27. The van der Waals surface area contributed by atoms with E-state index in [4.69, 9.17) is 9.15 Å². The van der Waals surface area contributed by atoms with Gasteiger partial charge in [0.15, 0.2) is 6.61 Å². The molecular weight excluding hydrogens is 498 g/mol. The number of nitrogens with zero attached hydrogens (tertiary/aromatic N) is 3. The average Bonchev–Trinajstić information content (AvgIpc) is 3.59. The number of para-hydroxylation sites is 1. The molecule has 0 atom stereocenters. The molecule has 0 spiro atoms. The quantitative estimate of drug-likeness (QED) is 0.357. The molecule has 0 bridgehead atoms. The minimum atomic E-state index is -3.92. The van der Waals surface area contributed by atoms with Gasteiger partial charge in [-0.25, -0.2) is 8.42 Å². The van der Waals surface area contributed by atoms with Crippen LogP contribution in [0, 0.1) is 6.92 Å². The molecule has 1 saturated heterocycles. The number of carbonyl (C=O) groups excluding carboxylic acids is 1. The van der Waals surface area contributed by atoms with Gasteiger partial charge in [0.1, 0.15) is 5.75 Å². The first-order chi connectivity index (χ1) is 17.4. The number of hydrogen-bond acceptors (Lipinski definition) is 8. The summed E-state index contributed by atoms with van der Waals surface area (Å²) in [7, 11) is -3.92. The van der Waals surface area contributed by atoms with Crippen LogP contribution in [0.4, 0.5) is 5.88 Å². The molecule has 0 unspecified atom stereocenters. The molecule has 10 heteroatoms. The summed E-state index contributed by atoms with van der Waals surface area (Å²) >= 11 is 1.42. The van der Waals surface area contributed by atoms with E-state index in [-0.39, 0.29) is 34.2 Å². The van der Waals surface area contributed by atoms with E-state index in [1.807, 2.05) is 47.5 Å². The Morgan fingerprint density at radius 1 is 1.00 bits per heavy atom. The van der Waals surface area contributed by atoms with Gasteiger partial charge in [0.25, 0.3) is 5.91 Å². The molecule has 186 valence electrons. The molecule has 8 nitrogen and oxygen atoms in total. The van der Waals surface area contributed by atoms with E-state index in [0.29, 0.717) is 31.9 Å². The van der Waals surface area contributed by atoms with Gasteiger partial charge < -0.3 is 19.0 Å². The van der Waals surface area contributed by atoms with Crippen molar-refractivity contribution in [3.63, 3.8) is 0 Å². The van der Waals surface area contributed by atoms with Crippen molar-refractivity contribution < 1.29 is 22.4 Å². The van der Waals surface area contributed by atoms with Crippen LogP contribution in [0.1, 0.15) is 5.56 Å². The Bertz CT molecular complexity index is 1420. The molecule has 36 heavy (non-hydrogen) atoms. The van der Waals surface area contributed by atoms with Gasteiger partial charge in [0.05, 0.1) is 9.77 Å². The Labute approximate surface area is 213 Å². The van der Waals surface area contributed by atoms with Crippen molar-refractivity contribution in [3.8, 4) is 16.5 Å². The molecule has 0 N–H and O–H groups in total. The van der Waals surface area contributed by atoms with Crippen molar-refractivity contribution in [2.75, 3.05) is 37.7 Å². The van der Waals surface area contributed by atoms with Gasteiger partial charge in [-0.2, -0.15) is 4.98 Å². The van der Waals surface area contributed by atoms with Crippen molar-refractivity contribution in [3.05, 3.63) is 77.7 Å². The smallest absolute Gasteiger partial charge is 0.260 e. The van der Waals surface area contributed by atoms with Crippen LogP contribution >= 0.6 is 11.3 Å². The highest BCUT2D eigenvalue weighted by atomic mass is 32.2. The molecule has 4 aromatic rings. The highest BCUT2D eigenvalue weighted by Gasteiger charge is 2.33. The number of oxazole rings is 1. The molecule has 1 aliphatic heterocycles. The zero-order chi connectivity index (χ0) is 25.1. The van der Waals surface area contributed by atoms with Crippen LogP contribution < -0.4 is 9.64 Å². The van der Waals surface area contributed by atoms with Gasteiger partial charge in [-0.1, -0.05) is 42.0 Å². The van der Waals surface area contributed by atoms with Crippen LogP contribution in [-0.4, -0.2) is 57.0 Å². The fourth-order valence-corrected chi connectivity index (χ4v) is 5.89. The van der Waals surface area contributed by atoms with E-state index >= 15 is 0 Å². The summed E-state index contributed by atoms with van der Waals surface area (Å²) in [5, 5.41) is 1.77. The number of hydrogen-bond donors (Lipinski definition) is 0. The molecule has 1 amide bonds. The zero-order valence-electron chi connectivity index (χ0n) is 19.7. The highest BCUT2D eigenvalue weighted by molar-refractivity contribution is 7.91. The number of benzene rings is 2. The number of ether oxygens (including phenoxy) is 1. The monoisotopic (exact) mass is 523 g/mol. The summed E-state index contributed by atoms with van der Waals surface area (Å²) in [6, 6.07) is 19.6. The number of rotatable bonds is 7. The van der Waals surface area contributed by atoms with Crippen LogP contribution in [0.15, 0.2) is 86.4 Å². The molecular formula is C26H25N3O5S2. The van der Waals surface area contributed by atoms with E-state index < -0.39 is 9.84 Å². The average molecular weight is 524 g/mol. The standard InChI is InChI=1S/C26H25N3O5S2/c1-19-9-11-21(12-10-19)36(31,32)25-26(34-24(27-25)22-8-5-17-35-22)29-15-13-28(14-16-29)23(30)18-33-20-6-3-2-4-7-20/h2-12,17H,13-16,18H2,1H3. The second-order valence-electron chi connectivity index (χ2n) is 8.39. The maximum Gasteiger partial charge on any atom is 0.260 e. The third-order valence-electron chi connectivity index (χ3n) is 5.92. The Morgan fingerprint density at radius 3 is 2.39 bits per heavy atom. The first kappa shape index (κ1) is 24.1. The number of carbonyl (C=O) groups is 1. The molecule has 0 saturated carbocycles. The zero-order valence-corrected chi connectivity index (χ0v) is 21.3. The topological polar surface area (TPSA) is 93.0 Å². The summed E-state index contributed by atoms with van der Waals surface area (Å²) in [4.78, 5) is 21.6. The minimum Gasteiger partial charge on any atom is -0.484 e. The Balaban J connectivity index is 1.35. The molecule has 1 fully saturated rings. The van der Waals surface area contributed by atoms with Crippen molar-refractivity contribution >= 4 is 33.0 Å². The lowest BCUT2D eigenvalue weighted by Crippen LogP contribution is -2.50. The normalized spacial score (nSPS) is 14.1. The first-order valence-corrected chi connectivity index (χ1v) is 13.8. The molecule has 2 aromatic heterocycles. The number of sulfone groups is 1. The van der Waals surface area contributed by atoms with Crippen LogP contribution in [0.2, 0.25) is 0 Å². The number of aryl methyl sites for hydroxylation is 1. The Morgan fingerprint density at radius 2 is 1.72 bits per heavy atom. The van der Waals surface area contributed by atoms with Gasteiger partial charge >= 0.3 is 0 Å². The third kappa shape index (κ3) is 5.00. The van der Waals surface area contributed by atoms with Crippen molar-refractivity contribution in [2.45, 2.75) is 16.8 Å². The molecule has 2 aromatic carbocycles. The van der Waals surface area contributed by atoms with Crippen molar-refractivity contribution in [1.29, 1.82) is 0 Å². The molecule has 3 heterocycles. The van der Waals surface area contributed by atoms with Crippen LogP contribution in [-0.2, 0) is 14.6 Å². The van der Waals surface area contributed by atoms with Crippen molar-refractivity contribution in [1.82, 2.24) is 9.88 Å². The molecule has 1 aliphatic rings. The number of piperazine rings is 1. The molecule has 0 aliphatic carbocycles. The predicted molar refractivity (Wildman–Crippen MR) is 137 cm³/mol. The second-order valence-corrected chi connectivity index (χ2v) is 11.2. The minimum absolute atomic E-state index is 0.0537. The summed E-state index contributed by atoms with van der Waals surface area (Å²) < 4.78 is 38.8. The molecule has 5 rings (SSSR count). The Kier molecular flexibility index (Phi) is 6.80. The largest absolute Gasteiger partial charge is 0.484 e. The third-order valence-corrected chi connectivity index (χ3v) is 8.45. The van der Waals surface area contributed by atoms with E-state index in [0.717, 1.165) is 10.4 Å². The second kappa shape index (κ2) is 10.2. The van der Waals surface area contributed by atoms with Gasteiger partial charge in [-0.15, -0.1) is 11.3 Å². The number of anilines is 1. The fraction of sp³-hybridized carbons (Fsp3) is 0.231. The van der Waals surface area contributed by atoms with E-state index in [9.17, 15) is 13.2 Å². The summed E-state index contributed by atoms with van der Waals surface area (Å²) in [6.45, 7) is 3.49. The first-order valence-electron chi connectivity index (χ1n) is 11.5. The summed E-state index contributed by atoms with van der Waals surface area (Å²) in [5.74, 6) is 0.980.